The van der Waals surface area contributed by atoms with Gasteiger partial charge in [0.1, 0.15) is 0 Å². The first-order valence-corrected chi connectivity index (χ1v) is 15.9. The summed E-state index contributed by atoms with van der Waals surface area (Å²) in [6, 6.07) is 8.30. The summed E-state index contributed by atoms with van der Waals surface area (Å²) in [5, 5.41) is 0.524. The first-order valence-electron chi connectivity index (χ1n) is 12.0. The van der Waals surface area contributed by atoms with Crippen LogP contribution in [0.2, 0.25) is 0 Å². The first-order chi connectivity index (χ1) is 16.7. The van der Waals surface area contributed by atoms with Gasteiger partial charge in [-0.15, -0.1) is 69.6 Å². The third kappa shape index (κ3) is 3.61. The Hall–Kier alpha value is 1.60. The molecule has 4 aliphatic rings. The second-order valence-electron chi connectivity index (χ2n) is 10.6. The number of hydrogen-bond donors (Lipinski definition) is 0. The highest BCUT2D eigenvalue weighted by molar-refractivity contribution is 6.54. The molecule has 4 aliphatic carbocycles. The van der Waals surface area contributed by atoms with Gasteiger partial charge in [0.15, 0.2) is 0 Å². The van der Waals surface area contributed by atoms with Gasteiger partial charge in [-0.2, -0.15) is 0 Å². The topological polar surface area (TPSA) is 0 Å². The Bertz CT molecular complexity index is 1070. The minimum Gasteiger partial charge on any atom is -0.120 e. The monoisotopic (exact) mass is 686 g/mol. The van der Waals surface area contributed by atoms with Crippen molar-refractivity contribution in [3.63, 3.8) is 0 Å². The van der Waals surface area contributed by atoms with Crippen molar-refractivity contribution >= 4 is 116 Å². The van der Waals surface area contributed by atoms with E-state index in [0.717, 1.165) is 24.0 Å². The molecule has 0 nitrogen and oxygen atoms in total. The molecule has 0 N–H and O–H groups in total. The van der Waals surface area contributed by atoms with Crippen LogP contribution < -0.4 is 0 Å². The van der Waals surface area contributed by atoms with E-state index < -0.39 is 30.3 Å². The van der Waals surface area contributed by atoms with Crippen molar-refractivity contribution in [1.82, 2.24) is 0 Å². The van der Waals surface area contributed by atoms with E-state index in [2.05, 4.69) is 26.0 Å². The molecular formula is C26H24Cl10. The zero-order valence-electron chi connectivity index (χ0n) is 19.4. The number of rotatable bonds is 6. The Kier molecular flexibility index (Phi) is 7.74. The summed E-state index contributed by atoms with van der Waals surface area (Å²) in [6.07, 6.45) is 2.33. The molecule has 10 heteroatoms. The van der Waals surface area contributed by atoms with Crippen molar-refractivity contribution in [2.24, 2.45) is 11.8 Å². The summed E-state index contributed by atoms with van der Waals surface area (Å²) in [5.74, 6) is -0.530. The summed E-state index contributed by atoms with van der Waals surface area (Å²) >= 11 is 68.8. The second kappa shape index (κ2) is 9.58. The lowest BCUT2D eigenvalue weighted by molar-refractivity contribution is 0.353. The molecule has 0 heterocycles. The normalized spacial score (nSPS) is 45.2. The fraction of sp³-hybridized carbons (Fsp3) is 0.615. The number of alkyl halides is 6. The van der Waals surface area contributed by atoms with E-state index in [1.165, 1.54) is 0 Å². The van der Waals surface area contributed by atoms with E-state index in [0.29, 0.717) is 33.0 Å². The van der Waals surface area contributed by atoms with Crippen LogP contribution in [-0.2, 0) is 0 Å². The summed E-state index contributed by atoms with van der Waals surface area (Å²) in [7, 11) is 0. The SMILES string of the molecule is CCC(c1ccccc1C(CC)C1C(Cl)C2(Cl)CC1(Cl)C(Cl)=C2Cl)C1C(Cl)C2(Cl)CC1(Cl)C(Cl)=C2Cl. The quantitative estimate of drug-likeness (QED) is 0.261. The predicted molar refractivity (Wildman–Crippen MR) is 160 cm³/mol. The van der Waals surface area contributed by atoms with Crippen molar-refractivity contribution < 1.29 is 0 Å². The smallest absolute Gasteiger partial charge is 0.0999 e. The van der Waals surface area contributed by atoms with Crippen LogP contribution in [0.1, 0.15) is 62.5 Å². The van der Waals surface area contributed by atoms with Gasteiger partial charge in [0.05, 0.1) is 50.4 Å². The number of fused-ring (bicyclic) bond motifs is 4. The first kappa shape index (κ1) is 29.1. The highest BCUT2D eigenvalue weighted by Crippen LogP contribution is 2.71. The fourth-order valence-corrected chi connectivity index (χ4v) is 12.6. The largest absolute Gasteiger partial charge is 0.120 e. The van der Waals surface area contributed by atoms with Crippen LogP contribution in [0.25, 0.3) is 0 Å². The summed E-state index contributed by atoms with van der Waals surface area (Å²) in [6.45, 7) is 4.24. The molecule has 198 valence electrons. The zero-order valence-corrected chi connectivity index (χ0v) is 26.9. The lowest BCUT2D eigenvalue weighted by Gasteiger charge is -2.43. The predicted octanol–water partition coefficient (Wildman–Crippen LogP) is 11.2. The molecule has 10 atom stereocenters. The van der Waals surface area contributed by atoms with Crippen LogP contribution in [0.4, 0.5) is 0 Å². The van der Waals surface area contributed by atoms with Crippen molar-refractivity contribution in [1.29, 1.82) is 0 Å². The number of allylic oxidation sites excluding steroid dienone is 4. The third-order valence-corrected chi connectivity index (χ3v) is 15.4. The minimum atomic E-state index is -0.981. The van der Waals surface area contributed by atoms with Gasteiger partial charge < -0.3 is 0 Å². The molecule has 1 aromatic carbocycles. The summed E-state index contributed by atoms with van der Waals surface area (Å²) in [4.78, 5) is -3.83. The maximum Gasteiger partial charge on any atom is 0.0999 e. The molecular weight excluding hydrogens is 667 g/mol. The Morgan fingerprint density at radius 3 is 1.22 bits per heavy atom. The van der Waals surface area contributed by atoms with Crippen molar-refractivity contribution in [3.8, 4) is 0 Å². The van der Waals surface area contributed by atoms with Gasteiger partial charge in [0, 0.05) is 11.8 Å². The van der Waals surface area contributed by atoms with Crippen LogP contribution in [0, 0.1) is 11.8 Å². The van der Waals surface area contributed by atoms with E-state index in [1.54, 1.807) is 0 Å². The minimum absolute atomic E-state index is 0.0346. The van der Waals surface area contributed by atoms with Crippen LogP contribution in [-0.4, -0.2) is 30.3 Å². The zero-order chi connectivity index (χ0) is 26.6. The van der Waals surface area contributed by atoms with Gasteiger partial charge >= 0.3 is 0 Å². The molecule has 0 aromatic heterocycles. The molecule has 2 fully saturated rings. The fourth-order valence-electron chi connectivity index (χ4n) is 7.35. The maximum atomic E-state index is 7.22. The average Bonchev–Trinajstić information content (AvgIpc) is 3.34. The Balaban J connectivity index is 1.61. The Morgan fingerprint density at radius 2 is 0.944 bits per heavy atom. The highest BCUT2D eigenvalue weighted by Gasteiger charge is 2.71. The lowest BCUT2D eigenvalue weighted by Crippen LogP contribution is -2.42. The van der Waals surface area contributed by atoms with Crippen molar-refractivity contribution in [3.05, 3.63) is 55.5 Å². The molecule has 5 rings (SSSR count). The van der Waals surface area contributed by atoms with E-state index in [4.69, 9.17) is 116 Å². The Morgan fingerprint density at radius 1 is 0.639 bits per heavy atom. The molecule has 2 saturated carbocycles. The molecule has 4 bridgehead atoms. The molecule has 0 spiro atoms. The molecule has 1 aromatic rings. The van der Waals surface area contributed by atoms with E-state index in [9.17, 15) is 0 Å². The van der Waals surface area contributed by atoms with Crippen LogP contribution >= 0.6 is 116 Å². The van der Waals surface area contributed by atoms with Gasteiger partial charge in [-0.3, -0.25) is 0 Å². The molecule has 0 amide bonds. The lowest BCUT2D eigenvalue weighted by atomic mass is 9.69. The molecule has 10 unspecified atom stereocenters. The van der Waals surface area contributed by atoms with Crippen LogP contribution in [0.5, 0.6) is 0 Å². The number of hydrogen-bond acceptors (Lipinski definition) is 0. The van der Waals surface area contributed by atoms with Gasteiger partial charge in [0.25, 0.3) is 0 Å². The molecule has 0 radical (unpaired) electrons. The molecule has 0 aliphatic heterocycles. The van der Waals surface area contributed by atoms with Gasteiger partial charge in [-0.1, -0.05) is 84.5 Å². The van der Waals surface area contributed by atoms with Gasteiger partial charge in [-0.25, -0.2) is 0 Å². The van der Waals surface area contributed by atoms with E-state index >= 15 is 0 Å². The second-order valence-corrected chi connectivity index (χ2v) is 15.7. The standard InChI is InChI=1S/C26H24Cl10/c1-3-11(15-17(27)25(35)9-23(15,33)19(29)21(25)31)13-7-5-6-8-14(13)12(4-2)16-18(28)26(36)10-24(16,34)20(30)22(26)32/h5-8,11-12,15-18H,3-4,9-10H2,1-2H3. The molecule has 0 saturated heterocycles. The van der Waals surface area contributed by atoms with Crippen molar-refractivity contribution in [2.45, 2.75) is 81.6 Å². The van der Waals surface area contributed by atoms with Crippen LogP contribution in [0.15, 0.2) is 44.4 Å². The van der Waals surface area contributed by atoms with E-state index in [1.807, 2.05) is 12.1 Å². The summed E-state index contributed by atoms with van der Waals surface area (Å²) < 4.78 is 0. The number of benzene rings is 1. The van der Waals surface area contributed by atoms with Gasteiger partial charge in [0.2, 0.25) is 0 Å². The maximum absolute atomic E-state index is 7.22. The highest BCUT2D eigenvalue weighted by atomic mass is 35.5. The van der Waals surface area contributed by atoms with Crippen LogP contribution in [0.3, 0.4) is 0 Å². The van der Waals surface area contributed by atoms with Gasteiger partial charge in [-0.05, 0) is 48.6 Å². The summed E-state index contributed by atoms with van der Waals surface area (Å²) in [5.41, 5.74) is 2.25. The van der Waals surface area contributed by atoms with Crippen molar-refractivity contribution in [2.75, 3.05) is 0 Å². The average molecular weight is 691 g/mol. The molecule has 36 heavy (non-hydrogen) atoms. The third-order valence-electron chi connectivity index (χ3n) is 8.98. The number of halogens is 10. The van der Waals surface area contributed by atoms with E-state index in [-0.39, 0.29) is 23.7 Å². The Labute approximate surface area is 262 Å².